The van der Waals surface area contributed by atoms with Crippen LogP contribution in [-0.2, 0) is 0 Å². The van der Waals surface area contributed by atoms with Gasteiger partial charge in [0.1, 0.15) is 11.4 Å². The molecule has 5 nitrogen and oxygen atoms in total. The van der Waals surface area contributed by atoms with E-state index in [1.54, 1.807) is 40.5 Å². The minimum atomic E-state index is 0.586. The van der Waals surface area contributed by atoms with Crippen molar-refractivity contribution in [3.63, 3.8) is 0 Å². The van der Waals surface area contributed by atoms with Gasteiger partial charge in [0, 0.05) is 19.2 Å². The first-order valence-electron chi connectivity index (χ1n) is 4.42. The fourth-order valence-electron chi connectivity index (χ4n) is 1.30. The molecule has 0 aromatic heterocycles. The van der Waals surface area contributed by atoms with Crippen molar-refractivity contribution in [3.8, 4) is 17.2 Å². The summed E-state index contributed by atoms with van der Waals surface area (Å²) in [5.74, 6) is 7.52. The van der Waals surface area contributed by atoms with Crippen LogP contribution < -0.4 is 25.1 Å². The van der Waals surface area contributed by atoms with E-state index in [9.17, 15) is 0 Å². The van der Waals surface area contributed by atoms with Gasteiger partial charge in [-0.25, -0.2) is 5.84 Å². The van der Waals surface area contributed by atoms with Gasteiger partial charge in [0.2, 0.25) is 0 Å². The van der Waals surface area contributed by atoms with Gasteiger partial charge < -0.3 is 19.2 Å². The summed E-state index contributed by atoms with van der Waals surface area (Å²) >= 11 is 0. The molecule has 0 saturated carbocycles. The second-order valence-electron chi connectivity index (χ2n) is 2.99. The lowest BCUT2D eigenvalue weighted by atomic mass is 10.2. The Morgan fingerprint density at radius 3 is 2.13 bits per heavy atom. The number of anilines is 1. The maximum absolute atomic E-state index is 5.68. The molecular formula is C10H16N2O3. The zero-order valence-electron chi connectivity index (χ0n) is 9.40. The highest BCUT2D eigenvalue weighted by atomic mass is 16.5. The van der Waals surface area contributed by atoms with Crippen LogP contribution in [0.4, 0.5) is 5.69 Å². The Morgan fingerprint density at radius 2 is 1.73 bits per heavy atom. The molecule has 1 aromatic rings. The van der Waals surface area contributed by atoms with Gasteiger partial charge in [-0.15, -0.1) is 0 Å². The van der Waals surface area contributed by atoms with E-state index < -0.39 is 0 Å². The fourth-order valence-corrected chi connectivity index (χ4v) is 1.30. The molecule has 0 heterocycles. The topological polar surface area (TPSA) is 57.0 Å². The maximum Gasteiger partial charge on any atom is 0.185 e. The normalized spacial score (nSPS) is 9.67. The van der Waals surface area contributed by atoms with Crippen molar-refractivity contribution in [3.05, 3.63) is 12.1 Å². The zero-order chi connectivity index (χ0) is 11.4. The number of nitrogens with two attached hydrogens (primary N) is 1. The Kier molecular flexibility index (Phi) is 3.62. The molecule has 84 valence electrons. The van der Waals surface area contributed by atoms with Crippen molar-refractivity contribution in [1.82, 2.24) is 0 Å². The average molecular weight is 212 g/mol. The lowest BCUT2D eigenvalue weighted by molar-refractivity contribution is 0.349. The quantitative estimate of drug-likeness (QED) is 0.596. The predicted octanol–water partition coefficient (Wildman–Crippen LogP) is 1.02. The van der Waals surface area contributed by atoms with Gasteiger partial charge in [-0.1, -0.05) is 0 Å². The molecule has 2 N–H and O–H groups in total. The van der Waals surface area contributed by atoms with Crippen LogP contribution >= 0.6 is 0 Å². The van der Waals surface area contributed by atoms with Crippen LogP contribution in [0.1, 0.15) is 0 Å². The number of hydrogen-bond donors (Lipinski definition) is 1. The summed E-state index contributed by atoms with van der Waals surface area (Å²) in [5, 5.41) is 1.45. The Bertz CT molecular complexity index is 340. The summed E-state index contributed by atoms with van der Waals surface area (Å²) < 4.78 is 15.5. The number of benzene rings is 1. The van der Waals surface area contributed by atoms with E-state index in [2.05, 4.69) is 0 Å². The van der Waals surface area contributed by atoms with Crippen LogP contribution in [-0.4, -0.2) is 28.4 Å². The summed E-state index contributed by atoms with van der Waals surface area (Å²) in [6, 6.07) is 3.52. The molecule has 1 rings (SSSR count). The van der Waals surface area contributed by atoms with Crippen LogP contribution in [0.25, 0.3) is 0 Å². The van der Waals surface area contributed by atoms with E-state index in [1.165, 1.54) is 5.01 Å². The maximum atomic E-state index is 5.68. The van der Waals surface area contributed by atoms with Crippen molar-refractivity contribution in [2.24, 2.45) is 5.84 Å². The first-order chi connectivity index (χ1) is 7.13. The lowest BCUT2D eigenvalue weighted by Crippen LogP contribution is -2.25. The second kappa shape index (κ2) is 4.75. The van der Waals surface area contributed by atoms with Crippen LogP contribution in [0.5, 0.6) is 17.2 Å². The lowest BCUT2D eigenvalue weighted by Gasteiger charge is -2.19. The summed E-state index contributed by atoms with van der Waals surface area (Å²) in [5.41, 5.74) is 0.703. The van der Waals surface area contributed by atoms with Crippen LogP contribution in [0.3, 0.4) is 0 Å². The SMILES string of the molecule is COc1cc(OC)c(OC)c(N(C)N)c1. The van der Waals surface area contributed by atoms with Crippen molar-refractivity contribution in [2.75, 3.05) is 33.4 Å². The Hall–Kier alpha value is -1.62. The van der Waals surface area contributed by atoms with Crippen molar-refractivity contribution >= 4 is 5.69 Å². The van der Waals surface area contributed by atoms with E-state index >= 15 is 0 Å². The van der Waals surface area contributed by atoms with Gasteiger partial charge in [0.05, 0.1) is 21.3 Å². The number of methoxy groups -OCH3 is 3. The monoisotopic (exact) mass is 212 g/mol. The number of nitrogens with zero attached hydrogens (tertiary/aromatic N) is 1. The molecule has 0 atom stereocenters. The third-order valence-corrected chi connectivity index (χ3v) is 2.05. The van der Waals surface area contributed by atoms with E-state index in [0.29, 0.717) is 22.9 Å². The van der Waals surface area contributed by atoms with E-state index in [-0.39, 0.29) is 0 Å². The zero-order valence-corrected chi connectivity index (χ0v) is 9.40. The van der Waals surface area contributed by atoms with Crippen LogP contribution in [0, 0.1) is 0 Å². The standard InChI is InChI=1S/C10H16N2O3/c1-12(11)8-5-7(13-2)6-9(14-3)10(8)15-4/h5-6H,11H2,1-4H3. The van der Waals surface area contributed by atoms with Crippen LogP contribution in [0.15, 0.2) is 12.1 Å². The number of rotatable bonds is 4. The molecule has 5 heteroatoms. The Balaban J connectivity index is 3.32. The Morgan fingerprint density at radius 1 is 1.07 bits per heavy atom. The van der Waals surface area contributed by atoms with Gasteiger partial charge in [-0.05, 0) is 0 Å². The van der Waals surface area contributed by atoms with E-state index in [4.69, 9.17) is 20.1 Å². The highest BCUT2D eigenvalue weighted by Gasteiger charge is 2.14. The van der Waals surface area contributed by atoms with Gasteiger partial charge in [-0.2, -0.15) is 0 Å². The van der Waals surface area contributed by atoms with Gasteiger partial charge in [0.15, 0.2) is 11.5 Å². The molecule has 0 radical (unpaired) electrons. The van der Waals surface area contributed by atoms with Crippen molar-refractivity contribution in [2.45, 2.75) is 0 Å². The molecule has 0 spiro atoms. The molecule has 0 bridgehead atoms. The van der Waals surface area contributed by atoms with Gasteiger partial charge >= 0.3 is 0 Å². The summed E-state index contributed by atoms with van der Waals surface area (Å²) in [6.45, 7) is 0. The smallest absolute Gasteiger partial charge is 0.185 e. The molecule has 1 aromatic carbocycles. The largest absolute Gasteiger partial charge is 0.497 e. The Labute approximate surface area is 89.3 Å². The van der Waals surface area contributed by atoms with Crippen molar-refractivity contribution in [1.29, 1.82) is 0 Å². The third-order valence-electron chi connectivity index (χ3n) is 2.05. The van der Waals surface area contributed by atoms with Gasteiger partial charge in [-0.3, -0.25) is 0 Å². The number of ether oxygens (including phenoxy) is 3. The molecule has 0 amide bonds. The van der Waals surface area contributed by atoms with E-state index in [1.807, 2.05) is 0 Å². The predicted molar refractivity (Wildman–Crippen MR) is 58.7 cm³/mol. The number of hydrazine groups is 1. The summed E-state index contributed by atoms with van der Waals surface area (Å²) in [6.07, 6.45) is 0. The molecule has 0 aliphatic rings. The second-order valence-corrected chi connectivity index (χ2v) is 2.99. The highest BCUT2D eigenvalue weighted by molar-refractivity contribution is 5.67. The number of hydrogen-bond acceptors (Lipinski definition) is 5. The minimum absolute atomic E-state index is 0.586. The van der Waals surface area contributed by atoms with Crippen LogP contribution in [0.2, 0.25) is 0 Å². The third kappa shape index (κ3) is 2.24. The molecule has 0 aliphatic heterocycles. The first kappa shape index (κ1) is 11.5. The average Bonchev–Trinajstić information content (AvgIpc) is 2.26. The van der Waals surface area contributed by atoms with Gasteiger partial charge in [0.25, 0.3) is 0 Å². The van der Waals surface area contributed by atoms with E-state index in [0.717, 1.165) is 0 Å². The molecular weight excluding hydrogens is 196 g/mol. The first-order valence-corrected chi connectivity index (χ1v) is 4.42. The molecule has 15 heavy (non-hydrogen) atoms. The highest BCUT2D eigenvalue weighted by Crippen LogP contribution is 2.39. The summed E-state index contributed by atoms with van der Waals surface area (Å²) in [4.78, 5) is 0. The molecule has 0 unspecified atom stereocenters. The van der Waals surface area contributed by atoms with Crippen molar-refractivity contribution < 1.29 is 14.2 Å². The fraction of sp³-hybridized carbons (Fsp3) is 0.400. The molecule has 0 aliphatic carbocycles. The summed E-state index contributed by atoms with van der Waals surface area (Å²) in [7, 11) is 6.44. The molecule has 0 saturated heterocycles. The minimum Gasteiger partial charge on any atom is -0.497 e. The molecule has 0 fully saturated rings.